The summed E-state index contributed by atoms with van der Waals surface area (Å²) >= 11 is 13.4. The normalized spacial score (nSPS) is 10.8. The van der Waals surface area contributed by atoms with E-state index in [1.807, 2.05) is 12.1 Å². The fraction of sp³-hybridized carbons (Fsp3) is 0.136. The molecule has 31 heavy (non-hydrogen) atoms. The van der Waals surface area contributed by atoms with Crippen LogP contribution >= 0.6 is 34.5 Å². The zero-order valence-corrected chi connectivity index (χ0v) is 19.0. The second-order valence-corrected chi connectivity index (χ2v) is 7.88. The van der Waals surface area contributed by atoms with E-state index < -0.39 is 5.97 Å². The molecule has 0 unspecified atom stereocenters. The number of hydrogen-bond acceptors (Lipinski definition) is 6. The number of carbonyl (C=O) groups is 2. The van der Waals surface area contributed by atoms with Crippen LogP contribution in [0.25, 0.3) is 6.08 Å². The molecule has 1 amide bonds. The standard InChI is InChI=1S/C22H18Cl2N2O4S/c1-14(27)26(19-8-3-4-9-20(19)29-2)22-25-15(13-31-22)12-30-21(28)11-10-16-17(23)6-5-7-18(16)24/h3-11,13H,12H2,1-2H3/b11-10+. The first-order valence-corrected chi connectivity index (χ1v) is 10.7. The molecule has 0 fully saturated rings. The van der Waals surface area contributed by atoms with Gasteiger partial charge in [0.2, 0.25) is 5.91 Å². The second kappa shape index (κ2) is 10.4. The minimum Gasteiger partial charge on any atom is -0.495 e. The Bertz CT molecular complexity index is 1110. The molecule has 0 saturated carbocycles. The summed E-state index contributed by atoms with van der Waals surface area (Å²) in [5.74, 6) is -0.245. The second-order valence-electron chi connectivity index (χ2n) is 6.22. The van der Waals surface area contributed by atoms with Gasteiger partial charge in [0.25, 0.3) is 0 Å². The molecular formula is C22H18Cl2N2O4S. The van der Waals surface area contributed by atoms with E-state index in [4.69, 9.17) is 32.7 Å². The predicted octanol–water partition coefficient (Wildman–Crippen LogP) is 5.90. The maximum absolute atomic E-state index is 12.3. The number of para-hydroxylation sites is 2. The Morgan fingerprint density at radius 3 is 2.52 bits per heavy atom. The van der Waals surface area contributed by atoms with Gasteiger partial charge < -0.3 is 9.47 Å². The van der Waals surface area contributed by atoms with Gasteiger partial charge in [-0.1, -0.05) is 41.4 Å². The van der Waals surface area contributed by atoms with Crippen molar-refractivity contribution in [3.8, 4) is 5.75 Å². The molecule has 0 aliphatic carbocycles. The summed E-state index contributed by atoms with van der Waals surface area (Å²) in [4.78, 5) is 30.2. The third-order valence-corrected chi connectivity index (χ3v) is 5.65. The van der Waals surface area contributed by atoms with E-state index in [-0.39, 0.29) is 12.5 Å². The van der Waals surface area contributed by atoms with Crippen molar-refractivity contribution < 1.29 is 19.1 Å². The third kappa shape index (κ3) is 5.64. The summed E-state index contributed by atoms with van der Waals surface area (Å²) in [6.07, 6.45) is 2.75. The number of amides is 1. The average molecular weight is 477 g/mol. The Kier molecular flexibility index (Phi) is 7.68. The maximum atomic E-state index is 12.3. The Hall–Kier alpha value is -2.87. The van der Waals surface area contributed by atoms with E-state index in [9.17, 15) is 9.59 Å². The number of ether oxygens (including phenoxy) is 2. The number of methoxy groups -OCH3 is 1. The molecular weight excluding hydrogens is 459 g/mol. The van der Waals surface area contributed by atoms with E-state index >= 15 is 0 Å². The number of benzene rings is 2. The summed E-state index contributed by atoms with van der Waals surface area (Å²) in [5, 5.41) is 3.03. The zero-order chi connectivity index (χ0) is 22.4. The molecule has 2 aromatic carbocycles. The number of esters is 1. The molecule has 0 N–H and O–H groups in total. The lowest BCUT2D eigenvalue weighted by atomic mass is 10.2. The van der Waals surface area contributed by atoms with Crippen molar-refractivity contribution in [1.29, 1.82) is 0 Å². The van der Waals surface area contributed by atoms with E-state index in [1.165, 1.54) is 42.4 Å². The number of halogens is 2. The number of anilines is 2. The lowest BCUT2D eigenvalue weighted by Crippen LogP contribution is -2.23. The molecule has 3 rings (SSSR count). The van der Waals surface area contributed by atoms with Crippen molar-refractivity contribution in [2.24, 2.45) is 0 Å². The van der Waals surface area contributed by atoms with Gasteiger partial charge in [0.05, 0.1) is 18.5 Å². The zero-order valence-electron chi connectivity index (χ0n) is 16.7. The first-order valence-electron chi connectivity index (χ1n) is 9.07. The highest BCUT2D eigenvalue weighted by Crippen LogP contribution is 2.35. The molecule has 1 heterocycles. The lowest BCUT2D eigenvalue weighted by Gasteiger charge is -2.20. The predicted molar refractivity (Wildman–Crippen MR) is 123 cm³/mol. The molecule has 9 heteroatoms. The molecule has 160 valence electrons. The van der Waals surface area contributed by atoms with Gasteiger partial charge >= 0.3 is 5.97 Å². The van der Waals surface area contributed by atoms with Crippen LogP contribution in [0.4, 0.5) is 10.8 Å². The SMILES string of the molecule is COc1ccccc1N(C(C)=O)c1nc(COC(=O)/C=C/c2c(Cl)cccc2Cl)cs1. The van der Waals surface area contributed by atoms with Crippen molar-refractivity contribution in [3.05, 3.63) is 75.2 Å². The van der Waals surface area contributed by atoms with Gasteiger partial charge in [0.1, 0.15) is 12.4 Å². The molecule has 0 atom stereocenters. The highest BCUT2D eigenvalue weighted by molar-refractivity contribution is 7.14. The fourth-order valence-electron chi connectivity index (χ4n) is 2.70. The van der Waals surface area contributed by atoms with Crippen LogP contribution in [0.1, 0.15) is 18.2 Å². The number of rotatable bonds is 7. The van der Waals surface area contributed by atoms with Gasteiger partial charge in [-0.3, -0.25) is 9.69 Å². The first-order chi connectivity index (χ1) is 14.9. The molecule has 0 bridgehead atoms. The average Bonchev–Trinajstić information content (AvgIpc) is 3.20. The first kappa shape index (κ1) is 22.8. The van der Waals surface area contributed by atoms with Gasteiger partial charge in [-0.25, -0.2) is 9.78 Å². The summed E-state index contributed by atoms with van der Waals surface area (Å²) in [6.45, 7) is 1.39. The fourth-order valence-corrected chi connectivity index (χ4v) is 4.09. The Labute approximate surface area is 193 Å². The number of carbonyl (C=O) groups excluding carboxylic acids is 2. The number of thiazole rings is 1. The molecule has 0 aliphatic heterocycles. The van der Waals surface area contributed by atoms with Crippen LogP contribution in [0.3, 0.4) is 0 Å². The van der Waals surface area contributed by atoms with Crippen LogP contribution in [0, 0.1) is 0 Å². The molecule has 0 spiro atoms. The Morgan fingerprint density at radius 2 is 1.84 bits per heavy atom. The van der Waals surface area contributed by atoms with Gasteiger partial charge in [-0.05, 0) is 30.3 Å². The van der Waals surface area contributed by atoms with Crippen LogP contribution in [0.15, 0.2) is 53.9 Å². The van der Waals surface area contributed by atoms with Gasteiger partial charge in [0, 0.05) is 34.0 Å². The molecule has 3 aromatic rings. The quantitative estimate of drug-likeness (QED) is 0.313. The molecule has 0 radical (unpaired) electrons. The van der Waals surface area contributed by atoms with Crippen molar-refractivity contribution in [2.75, 3.05) is 12.0 Å². The number of aromatic nitrogens is 1. The van der Waals surface area contributed by atoms with Gasteiger partial charge in [0.15, 0.2) is 5.13 Å². The van der Waals surface area contributed by atoms with Crippen LogP contribution in [0.5, 0.6) is 5.75 Å². The van der Waals surface area contributed by atoms with E-state index in [2.05, 4.69) is 4.98 Å². The van der Waals surface area contributed by atoms with Gasteiger partial charge in [-0.15, -0.1) is 11.3 Å². The number of nitrogens with zero attached hydrogens (tertiary/aromatic N) is 2. The van der Waals surface area contributed by atoms with Crippen LogP contribution in [-0.4, -0.2) is 24.0 Å². The number of hydrogen-bond donors (Lipinski definition) is 0. The largest absolute Gasteiger partial charge is 0.495 e. The Morgan fingerprint density at radius 1 is 1.13 bits per heavy atom. The van der Waals surface area contributed by atoms with Crippen molar-refractivity contribution in [1.82, 2.24) is 4.98 Å². The molecule has 0 saturated heterocycles. The summed E-state index contributed by atoms with van der Waals surface area (Å²) < 4.78 is 10.6. The molecule has 6 nitrogen and oxygen atoms in total. The maximum Gasteiger partial charge on any atom is 0.331 e. The van der Waals surface area contributed by atoms with Crippen LogP contribution in [0.2, 0.25) is 10.0 Å². The van der Waals surface area contributed by atoms with E-state index in [1.54, 1.807) is 35.7 Å². The summed E-state index contributed by atoms with van der Waals surface area (Å²) in [5.41, 5.74) is 1.63. The molecule has 1 aromatic heterocycles. The van der Waals surface area contributed by atoms with E-state index in [0.29, 0.717) is 37.9 Å². The van der Waals surface area contributed by atoms with Crippen LogP contribution in [-0.2, 0) is 20.9 Å². The highest BCUT2D eigenvalue weighted by atomic mass is 35.5. The van der Waals surface area contributed by atoms with Crippen molar-refractivity contribution in [3.63, 3.8) is 0 Å². The lowest BCUT2D eigenvalue weighted by molar-refractivity contribution is -0.139. The molecule has 0 aliphatic rings. The van der Waals surface area contributed by atoms with Gasteiger partial charge in [-0.2, -0.15) is 0 Å². The Balaban J connectivity index is 1.69. The smallest absolute Gasteiger partial charge is 0.331 e. The van der Waals surface area contributed by atoms with Crippen molar-refractivity contribution >= 4 is 63.3 Å². The summed E-state index contributed by atoms with van der Waals surface area (Å²) in [6, 6.07) is 12.2. The topological polar surface area (TPSA) is 68.7 Å². The highest BCUT2D eigenvalue weighted by Gasteiger charge is 2.21. The van der Waals surface area contributed by atoms with Crippen LogP contribution < -0.4 is 9.64 Å². The minimum absolute atomic E-state index is 0.0480. The van der Waals surface area contributed by atoms with Crippen molar-refractivity contribution in [2.45, 2.75) is 13.5 Å². The van der Waals surface area contributed by atoms with E-state index in [0.717, 1.165) is 0 Å². The minimum atomic E-state index is -0.571. The monoisotopic (exact) mass is 476 g/mol. The third-order valence-electron chi connectivity index (χ3n) is 4.12. The summed E-state index contributed by atoms with van der Waals surface area (Å²) in [7, 11) is 1.53.